The van der Waals surface area contributed by atoms with Gasteiger partial charge in [0.15, 0.2) is 0 Å². The highest BCUT2D eigenvalue weighted by atomic mass is 28.3. The van der Waals surface area contributed by atoms with Crippen molar-refractivity contribution in [3.63, 3.8) is 0 Å². The Kier molecular flexibility index (Phi) is 5.01. The maximum atomic E-state index is 5.90. The predicted molar refractivity (Wildman–Crippen MR) is 84.6 cm³/mol. The fourth-order valence-corrected chi connectivity index (χ4v) is 2.46. The average molecular weight is 285 g/mol. The summed E-state index contributed by atoms with van der Waals surface area (Å²) in [6.45, 7) is 6.35. The Balaban J connectivity index is 2.13. The number of aliphatic imine (C=N–C) groups is 1. The fraction of sp³-hybridized carbons (Fsp3) is 0.267. The average Bonchev–Trinajstić information content (AvgIpc) is 2.42. The van der Waals surface area contributed by atoms with Gasteiger partial charge >= 0.3 is 0 Å². The van der Waals surface area contributed by atoms with E-state index < -0.39 is 9.04 Å². The summed E-state index contributed by atoms with van der Waals surface area (Å²) in [5, 5.41) is 0. The molecule has 0 atom stereocenters. The van der Waals surface area contributed by atoms with E-state index in [9.17, 15) is 0 Å². The molecule has 1 aromatic heterocycles. The highest BCUT2D eigenvalue weighted by molar-refractivity contribution is 6.49. The van der Waals surface area contributed by atoms with Crippen molar-refractivity contribution in [2.75, 3.05) is 0 Å². The van der Waals surface area contributed by atoms with E-state index in [0.717, 1.165) is 17.1 Å². The molecule has 20 heavy (non-hydrogen) atoms. The summed E-state index contributed by atoms with van der Waals surface area (Å²) in [5.41, 5.74) is 2.97. The Hall–Kier alpha value is -2.01. The quantitative estimate of drug-likeness (QED) is 0.626. The van der Waals surface area contributed by atoms with Gasteiger partial charge in [-0.1, -0.05) is 6.07 Å². The molecular formula is C15H19N3OSi. The zero-order valence-electron chi connectivity index (χ0n) is 12.1. The van der Waals surface area contributed by atoms with Crippen LogP contribution >= 0.6 is 0 Å². The van der Waals surface area contributed by atoms with Crippen molar-refractivity contribution in [1.82, 2.24) is 9.97 Å². The van der Waals surface area contributed by atoms with Crippen LogP contribution in [0.4, 0.5) is 5.69 Å². The summed E-state index contributed by atoms with van der Waals surface area (Å²) >= 11 is 0. The minimum atomic E-state index is -1.13. The Morgan fingerprint density at radius 3 is 2.85 bits per heavy atom. The largest absolute Gasteiger partial charge is 0.546 e. The van der Waals surface area contributed by atoms with Gasteiger partial charge in [0.1, 0.15) is 11.4 Å². The topological polar surface area (TPSA) is 47.4 Å². The summed E-state index contributed by atoms with van der Waals surface area (Å²) in [6.07, 6.45) is 7.63. The third-order valence-electron chi connectivity index (χ3n) is 2.62. The van der Waals surface area contributed by atoms with E-state index in [1.165, 1.54) is 5.56 Å². The van der Waals surface area contributed by atoms with Gasteiger partial charge in [-0.05, 0) is 37.7 Å². The minimum absolute atomic E-state index is 0.667. The van der Waals surface area contributed by atoms with Crippen molar-refractivity contribution in [2.45, 2.75) is 26.4 Å². The number of hydrogen-bond acceptors (Lipinski definition) is 4. The number of nitrogens with zero attached hydrogens (tertiary/aromatic N) is 3. The molecule has 2 rings (SSSR count). The van der Waals surface area contributed by atoms with E-state index in [2.05, 4.69) is 35.0 Å². The Morgan fingerprint density at radius 1 is 1.30 bits per heavy atom. The van der Waals surface area contributed by atoms with E-state index >= 15 is 0 Å². The number of rotatable bonds is 5. The highest BCUT2D eigenvalue weighted by Crippen LogP contribution is 2.28. The molecule has 1 aromatic carbocycles. The van der Waals surface area contributed by atoms with Gasteiger partial charge in [0.2, 0.25) is 9.04 Å². The fourth-order valence-electron chi connectivity index (χ4n) is 1.75. The molecule has 0 saturated heterocycles. The zero-order chi connectivity index (χ0) is 14.4. The van der Waals surface area contributed by atoms with Crippen LogP contribution in [0.2, 0.25) is 13.1 Å². The number of aryl methyl sites for hydroxylation is 1. The first kappa shape index (κ1) is 14.4. The second-order valence-corrected chi connectivity index (χ2v) is 7.18. The molecule has 0 spiro atoms. The normalized spacial score (nSPS) is 11.2. The van der Waals surface area contributed by atoms with Gasteiger partial charge in [-0.15, -0.1) is 0 Å². The van der Waals surface area contributed by atoms with E-state index in [1.807, 2.05) is 24.4 Å². The highest BCUT2D eigenvalue weighted by Gasteiger charge is 2.05. The summed E-state index contributed by atoms with van der Waals surface area (Å²) in [7, 11) is -1.13. The monoisotopic (exact) mass is 285 g/mol. The molecule has 1 heterocycles. The molecule has 0 aliphatic rings. The standard InChI is InChI=1S/C15H19N3OSi/c1-12-4-5-15(19-20(2)3)14(10-12)18-7-6-13-11-16-8-9-17-13/h4-5,7-11,20H,6H2,1-3H3. The van der Waals surface area contributed by atoms with Crippen LogP contribution in [0.1, 0.15) is 11.3 Å². The molecule has 104 valence electrons. The molecule has 5 heteroatoms. The van der Waals surface area contributed by atoms with Crippen molar-refractivity contribution in [3.05, 3.63) is 48.0 Å². The maximum Gasteiger partial charge on any atom is 0.229 e. The third-order valence-corrected chi connectivity index (χ3v) is 3.35. The van der Waals surface area contributed by atoms with Crippen LogP contribution in [0.3, 0.4) is 0 Å². The number of hydrogen-bond donors (Lipinski definition) is 0. The van der Waals surface area contributed by atoms with Gasteiger partial charge in [0, 0.05) is 31.2 Å². The van der Waals surface area contributed by atoms with Crippen LogP contribution in [0.25, 0.3) is 0 Å². The lowest BCUT2D eigenvalue weighted by Gasteiger charge is -2.12. The first-order valence-corrected chi connectivity index (χ1v) is 9.48. The van der Waals surface area contributed by atoms with Crippen LogP contribution in [0.15, 0.2) is 41.8 Å². The van der Waals surface area contributed by atoms with Crippen molar-refractivity contribution in [1.29, 1.82) is 0 Å². The van der Waals surface area contributed by atoms with Crippen molar-refractivity contribution in [2.24, 2.45) is 4.99 Å². The lowest BCUT2D eigenvalue weighted by molar-refractivity contribution is 0.582. The Bertz CT molecular complexity index is 585. The lowest BCUT2D eigenvalue weighted by atomic mass is 10.2. The van der Waals surface area contributed by atoms with Crippen LogP contribution in [-0.2, 0) is 6.42 Å². The van der Waals surface area contributed by atoms with Gasteiger partial charge in [0.05, 0.1) is 5.69 Å². The summed E-state index contributed by atoms with van der Waals surface area (Å²) in [6, 6.07) is 6.09. The van der Waals surface area contributed by atoms with Crippen LogP contribution in [0.5, 0.6) is 5.75 Å². The molecule has 0 aliphatic carbocycles. The van der Waals surface area contributed by atoms with Gasteiger partial charge in [0.25, 0.3) is 0 Å². The summed E-state index contributed by atoms with van der Waals surface area (Å²) in [5.74, 6) is 0.868. The van der Waals surface area contributed by atoms with Crippen molar-refractivity contribution in [3.8, 4) is 5.75 Å². The molecule has 0 bridgehead atoms. The van der Waals surface area contributed by atoms with E-state index in [4.69, 9.17) is 4.43 Å². The smallest absolute Gasteiger partial charge is 0.229 e. The SMILES string of the molecule is Cc1ccc(O[SiH](C)C)c(N=CCc2cnccn2)c1. The third kappa shape index (κ3) is 4.27. The van der Waals surface area contributed by atoms with Gasteiger partial charge in [-0.3, -0.25) is 15.0 Å². The first-order valence-electron chi connectivity index (χ1n) is 6.70. The van der Waals surface area contributed by atoms with Crippen LogP contribution in [0, 0.1) is 6.92 Å². The van der Waals surface area contributed by atoms with Gasteiger partial charge in [-0.2, -0.15) is 0 Å². The van der Waals surface area contributed by atoms with E-state index in [0.29, 0.717) is 6.42 Å². The minimum Gasteiger partial charge on any atom is -0.546 e. The lowest BCUT2D eigenvalue weighted by Crippen LogP contribution is -2.11. The predicted octanol–water partition coefficient (Wildman–Crippen LogP) is 3.09. The zero-order valence-corrected chi connectivity index (χ0v) is 13.2. The van der Waals surface area contributed by atoms with Gasteiger partial charge < -0.3 is 4.43 Å². The molecule has 0 radical (unpaired) electrons. The van der Waals surface area contributed by atoms with Crippen LogP contribution < -0.4 is 4.43 Å². The molecule has 0 amide bonds. The molecule has 2 aromatic rings. The van der Waals surface area contributed by atoms with Crippen molar-refractivity contribution >= 4 is 20.9 Å². The number of benzene rings is 1. The van der Waals surface area contributed by atoms with Crippen molar-refractivity contribution < 1.29 is 4.43 Å². The number of aromatic nitrogens is 2. The summed E-state index contributed by atoms with van der Waals surface area (Å²) < 4.78 is 5.90. The first-order chi connectivity index (χ1) is 9.65. The molecule has 0 saturated carbocycles. The molecular weight excluding hydrogens is 266 g/mol. The maximum absolute atomic E-state index is 5.90. The molecule has 0 fully saturated rings. The second-order valence-electron chi connectivity index (χ2n) is 4.85. The van der Waals surface area contributed by atoms with E-state index in [-0.39, 0.29) is 0 Å². The Labute approximate surface area is 121 Å². The second kappa shape index (κ2) is 6.95. The molecule has 0 N–H and O–H groups in total. The molecule has 4 nitrogen and oxygen atoms in total. The molecule has 0 unspecified atom stereocenters. The van der Waals surface area contributed by atoms with E-state index in [1.54, 1.807) is 18.6 Å². The Morgan fingerprint density at radius 2 is 2.15 bits per heavy atom. The van der Waals surface area contributed by atoms with Crippen LogP contribution in [-0.4, -0.2) is 25.2 Å². The van der Waals surface area contributed by atoms with Gasteiger partial charge in [-0.25, -0.2) is 0 Å². The summed E-state index contributed by atoms with van der Waals surface area (Å²) in [4.78, 5) is 12.8. The molecule has 0 aliphatic heterocycles.